The third-order valence-corrected chi connectivity index (χ3v) is 5.25. The van der Waals surface area contributed by atoms with E-state index in [4.69, 9.17) is 18.8 Å². The first-order valence-electron chi connectivity index (χ1n) is 8.94. The van der Waals surface area contributed by atoms with Crippen LogP contribution in [0, 0.1) is 6.92 Å². The van der Waals surface area contributed by atoms with Crippen LogP contribution in [0.1, 0.15) is 38.8 Å². The zero-order chi connectivity index (χ0) is 18.9. The number of benzene rings is 2. The zero-order valence-corrected chi connectivity index (χ0v) is 16.5. The molecule has 2 aromatic rings. The summed E-state index contributed by atoms with van der Waals surface area (Å²) >= 11 is 0. The molecule has 1 aliphatic rings. The molecule has 0 N–H and O–H groups in total. The maximum absolute atomic E-state index is 6.12. The summed E-state index contributed by atoms with van der Waals surface area (Å²) in [5.74, 6) is 1.69. The van der Waals surface area contributed by atoms with Crippen molar-refractivity contribution >= 4 is 12.6 Å². The zero-order valence-electron chi connectivity index (χ0n) is 16.5. The van der Waals surface area contributed by atoms with E-state index < -0.39 is 0 Å². The van der Waals surface area contributed by atoms with Gasteiger partial charge in [-0.15, -0.1) is 0 Å². The second-order valence-electron chi connectivity index (χ2n) is 7.75. The van der Waals surface area contributed by atoms with Crippen molar-refractivity contribution in [1.29, 1.82) is 0 Å². The van der Waals surface area contributed by atoms with Gasteiger partial charge in [-0.2, -0.15) is 0 Å². The van der Waals surface area contributed by atoms with Crippen LogP contribution in [0.5, 0.6) is 11.5 Å². The van der Waals surface area contributed by atoms with Crippen LogP contribution in [-0.4, -0.2) is 25.4 Å². The summed E-state index contributed by atoms with van der Waals surface area (Å²) in [7, 11) is 1.31. The van der Waals surface area contributed by atoms with Gasteiger partial charge in [0.05, 0.1) is 18.3 Å². The molecule has 4 nitrogen and oxygen atoms in total. The van der Waals surface area contributed by atoms with E-state index in [0.717, 1.165) is 28.1 Å². The van der Waals surface area contributed by atoms with Gasteiger partial charge in [0.1, 0.15) is 18.1 Å². The van der Waals surface area contributed by atoms with Crippen molar-refractivity contribution in [3.05, 3.63) is 53.6 Å². The highest BCUT2D eigenvalue weighted by atomic mass is 16.7. The van der Waals surface area contributed by atoms with Crippen LogP contribution in [0.2, 0.25) is 0 Å². The first kappa shape index (κ1) is 18.8. The molecule has 0 aliphatic carbocycles. The van der Waals surface area contributed by atoms with E-state index in [0.29, 0.717) is 6.61 Å². The molecule has 1 saturated heterocycles. The molecule has 0 spiro atoms. The number of ether oxygens (including phenoxy) is 2. The maximum Gasteiger partial charge on any atom is 0.494 e. The minimum absolute atomic E-state index is 0.340. The molecule has 1 fully saturated rings. The Morgan fingerprint density at radius 2 is 1.65 bits per heavy atom. The molecular formula is C21H27BO4. The molecule has 3 rings (SSSR count). The molecule has 26 heavy (non-hydrogen) atoms. The molecular weight excluding hydrogens is 327 g/mol. The minimum atomic E-state index is -0.355. The summed E-state index contributed by atoms with van der Waals surface area (Å²) < 4.78 is 23.5. The standard InChI is InChI=1S/C21H27BO4/c1-15-12-17(22-25-20(2,3)21(4,5)26-22)10-11-19(15)24-14-16-8-7-9-18(13-16)23-6/h7-13H,14H2,1-6H3. The number of rotatable bonds is 5. The molecule has 0 radical (unpaired) electrons. The highest BCUT2D eigenvalue weighted by Gasteiger charge is 2.51. The molecule has 0 atom stereocenters. The lowest BCUT2D eigenvalue weighted by atomic mass is 9.78. The molecule has 138 valence electrons. The van der Waals surface area contributed by atoms with E-state index in [1.165, 1.54) is 0 Å². The van der Waals surface area contributed by atoms with Crippen LogP contribution in [0.15, 0.2) is 42.5 Å². The Morgan fingerprint density at radius 3 is 2.27 bits per heavy atom. The Balaban J connectivity index is 1.70. The van der Waals surface area contributed by atoms with Crippen LogP contribution in [0.4, 0.5) is 0 Å². The van der Waals surface area contributed by atoms with Gasteiger partial charge in [0.25, 0.3) is 0 Å². The van der Waals surface area contributed by atoms with Gasteiger partial charge in [-0.3, -0.25) is 0 Å². The number of hydrogen-bond acceptors (Lipinski definition) is 4. The van der Waals surface area contributed by atoms with Crippen LogP contribution in [-0.2, 0) is 15.9 Å². The largest absolute Gasteiger partial charge is 0.497 e. The first-order valence-corrected chi connectivity index (χ1v) is 8.94. The van der Waals surface area contributed by atoms with Gasteiger partial charge in [0.2, 0.25) is 0 Å². The van der Waals surface area contributed by atoms with Crippen molar-refractivity contribution in [2.75, 3.05) is 7.11 Å². The summed E-state index contributed by atoms with van der Waals surface area (Å²) in [6.07, 6.45) is 0. The maximum atomic E-state index is 6.12. The van der Waals surface area contributed by atoms with E-state index in [9.17, 15) is 0 Å². The molecule has 0 saturated carbocycles. The van der Waals surface area contributed by atoms with E-state index >= 15 is 0 Å². The number of hydrogen-bond donors (Lipinski definition) is 0. The molecule has 5 heteroatoms. The highest BCUT2D eigenvalue weighted by molar-refractivity contribution is 6.62. The lowest BCUT2D eigenvalue weighted by Crippen LogP contribution is -2.41. The Bertz CT molecular complexity index is 769. The SMILES string of the molecule is COc1cccc(COc2ccc(B3OC(C)(C)C(C)(C)O3)cc2C)c1. The predicted molar refractivity (Wildman–Crippen MR) is 104 cm³/mol. The summed E-state index contributed by atoms with van der Waals surface area (Å²) in [5, 5.41) is 0. The summed E-state index contributed by atoms with van der Waals surface area (Å²) in [6.45, 7) is 10.8. The quantitative estimate of drug-likeness (QED) is 0.764. The van der Waals surface area contributed by atoms with E-state index in [2.05, 4.69) is 33.8 Å². The molecule has 0 unspecified atom stereocenters. The molecule has 0 bridgehead atoms. The van der Waals surface area contributed by atoms with Gasteiger partial charge in [0.15, 0.2) is 0 Å². The smallest absolute Gasteiger partial charge is 0.494 e. The van der Waals surface area contributed by atoms with Gasteiger partial charge in [-0.25, -0.2) is 0 Å². The van der Waals surface area contributed by atoms with E-state index in [-0.39, 0.29) is 18.3 Å². The second-order valence-corrected chi connectivity index (χ2v) is 7.75. The Kier molecular flexibility index (Phi) is 5.04. The molecule has 1 aliphatic heterocycles. The lowest BCUT2D eigenvalue weighted by Gasteiger charge is -2.32. The minimum Gasteiger partial charge on any atom is -0.497 e. The number of methoxy groups -OCH3 is 1. The first-order chi connectivity index (χ1) is 12.2. The summed E-state index contributed by atoms with van der Waals surface area (Å²) in [5.41, 5.74) is 2.45. The third kappa shape index (κ3) is 3.74. The van der Waals surface area contributed by atoms with Gasteiger partial charge in [0, 0.05) is 0 Å². The van der Waals surface area contributed by atoms with Crippen molar-refractivity contribution < 1.29 is 18.8 Å². The van der Waals surface area contributed by atoms with Crippen LogP contribution < -0.4 is 14.9 Å². The van der Waals surface area contributed by atoms with Gasteiger partial charge >= 0.3 is 7.12 Å². The predicted octanol–water partition coefficient (Wildman–Crippen LogP) is 3.88. The average molecular weight is 354 g/mol. The second kappa shape index (κ2) is 6.97. The fourth-order valence-electron chi connectivity index (χ4n) is 2.88. The molecule has 2 aromatic carbocycles. The monoisotopic (exact) mass is 354 g/mol. The van der Waals surface area contributed by atoms with Crippen molar-refractivity contribution in [2.45, 2.75) is 52.4 Å². The highest BCUT2D eigenvalue weighted by Crippen LogP contribution is 2.36. The fourth-order valence-corrected chi connectivity index (χ4v) is 2.88. The summed E-state index contributed by atoms with van der Waals surface area (Å²) in [6, 6.07) is 14.0. The van der Waals surface area contributed by atoms with Crippen molar-refractivity contribution in [3.63, 3.8) is 0 Å². The van der Waals surface area contributed by atoms with Crippen LogP contribution in [0.3, 0.4) is 0 Å². The van der Waals surface area contributed by atoms with Gasteiger partial charge in [-0.05, 0) is 69.4 Å². The van der Waals surface area contributed by atoms with Crippen LogP contribution >= 0.6 is 0 Å². The van der Waals surface area contributed by atoms with E-state index in [1.54, 1.807) is 7.11 Å². The number of aryl methyl sites for hydroxylation is 1. The van der Waals surface area contributed by atoms with Crippen molar-refractivity contribution in [2.24, 2.45) is 0 Å². The lowest BCUT2D eigenvalue weighted by molar-refractivity contribution is 0.00578. The summed E-state index contributed by atoms with van der Waals surface area (Å²) in [4.78, 5) is 0. The molecule has 0 aromatic heterocycles. The molecule has 0 amide bonds. The van der Waals surface area contributed by atoms with Crippen LogP contribution in [0.25, 0.3) is 0 Å². The van der Waals surface area contributed by atoms with Crippen molar-refractivity contribution in [1.82, 2.24) is 0 Å². The average Bonchev–Trinajstić information content (AvgIpc) is 2.81. The Morgan fingerprint density at radius 1 is 0.962 bits per heavy atom. The Hall–Kier alpha value is -1.98. The van der Waals surface area contributed by atoms with Gasteiger partial charge in [-0.1, -0.05) is 24.3 Å². The molecule has 1 heterocycles. The third-order valence-electron chi connectivity index (χ3n) is 5.25. The Labute approximate surface area is 156 Å². The fraction of sp³-hybridized carbons (Fsp3) is 0.429. The van der Waals surface area contributed by atoms with Gasteiger partial charge < -0.3 is 18.8 Å². The van der Waals surface area contributed by atoms with Crippen molar-refractivity contribution in [3.8, 4) is 11.5 Å². The van der Waals surface area contributed by atoms with E-state index in [1.807, 2.05) is 43.3 Å². The normalized spacial score (nSPS) is 18.0. The topological polar surface area (TPSA) is 36.9 Å².